The summed E-state index contributed by atoms with van der Waals surface area (Å²) in [4.78, 5) is 22.4. The summed E-state index contributed by atoms with van der Waals surface area (Å²) < 4.78 is 54.8. The summed E-state index contributed by atoms with van der Waals surface area (Å²) in [5, 5.41) is 3.28. The summed E-state index contributed by atoms with van der Waals surface area (Å²) in [6.07, 6.45) is -4.79. The number of nitrogens with two attached hydrogens (primary N) is 1. The SMILES string of the molecule is CCOC(=O)[C@@H]1CC2(CCN(c3cc(O[C@H](c4ccc(Br)cc4-c4ccccc4)C(F)(F)F)nc(N)n3)CC2)CN1. The Morgan fingerprint density at radius 2 is 1.90 bits per heavy atom. The Morgan fingerprint density at radius 1 is 1.17 bits per heavy atom. The smallest absolute Gasteiger partial charge is 0.429 e. The molecule has 2 aliphatic rings. The van der Waals surface area contributed by atoms with Crippen molar-refractivity contribution >= 4 is 33.7 Å². The van der Waals surface area contributed by atoms with E-state index in [4.69, 9.17) is 15.2 Å². The molecule has 0 saturated carbocycles. The monoisotopic (exact) mass is 633 g/mol. The summed E-state index contributed by atoms with van der Waals surface area (Å²) in [7, 11) is 0. The Balaban J connectivity index is 1.36. The van der Waals surface area contributed by atoms with Crippen molar-refractivity contribution in [3.8, 4) is 17.0 Å². The van der Waals surface area contributed by atoms with Crippen LogP contribution in [0.1, 0.15) is 37.9 Å². The van der Waals surface area contributed by atoms with E-state index in [9.17, 15) is 18.0 Å². The number of anilines is 2. The molecule has 0 aliphatic carbocycles. The molecule has 2 aliphatic heterocycles. The molecule has 2 atom stereocenters. The number of ether oxygens (including phenoxy) is 2. The fourth-order valence-electron chi connectivity index (χ4n) is 5.62. The van der Waals surface area contributed by atoms with E-state index in [1.807, 2.05) is 4.90 Å². The zero-order valence-electron chi connectivity index (χ0n) is 22.5. The van der Waals surface area contributed by atoms with Gasteiger partial charge >= 0.3 is 12.1 Å². The van der Waals surface area contributed by atoms with Crippen molar-refractivity contribution in [2.75, 3.05) is 36.9 Å². The van der Waals surface area contributed by atoms with E-state index >= 15 is 0 Å². The number of halogens is 4. The Bertz CT molecular complexity index is 1380. The topological polar surface area (TPSA) is 103 Å². The molecule has 0 unspecified atom stereocenters. The van der Waals surface area contributed by atoms with E-state index in [-0.39, 0.29) is 34.8 Å². The van der Waals surface area contributed by atoms with Crippen molar-refractivity contribution in [1.82, 2.24) is 15.3 Å². The van der Waals surface area contributed by atoms with Gasteiger partial charge in [0.1, 0.15) is 11.9 Å². The van der Waals surface area contributed by atoms with Crippen LogP contribution in [-0.2, 0) is 9.53 Å². The molecule has 5 rings (SSSR count). The Kier molecular flexibility index (Phi) is 8.42. The van der Waals surface area contributed by atoms with Crippen molar-refractivity contribution in [2.24, 2.45) is 5.41 Å². The molecule has 3 aromatic rings. The highest BCUT2D eigenvalue weighted by Crippen LogP contribution is 2.43. The second-order valence-corrected chi connectivity index (χ2v) is 11.4. The molecule has 12 heteroatoms. The fourth-order valence-corrected chi connectivity index (χ4v) is 5.98. The lowest BCUT2D eigenvalue weighted by atomic mass is 9.76. The highest BCUT2D eigenvalue weighted by atomic mass is 79.9. The van der Waals surface area contributed by atoms with E-state index in [2.05, 4.69) is 31.2 Å². The Labute approximate surface area is 244 Å². The first-order chi connectivity index (χ1) is 19.6. The highest BCUT2D eigenvalue weighted by Gasteiger charge is 2.46. The van der Waals surface area contributed by atoms with Crippen LogP contribution in [0.2, 0.25) is 0 Å². The molecule has 2 saturated heterocycles. The molecule has 2 fully saturated rings. The Morgan fingerprint density at radius 3 is 2.59 bits per heavy atom. The van der Waals surface area contributed by atoms with Crippen LogP contribution in [0.4, 0.5) is 24.9 Å². The molecule has 8 nitrogen and oxygen atoms in total. The number of hydrogen-bond acceptors (Lipinski definition) is 8. The van der Waals surface area contributed by atoms with E-state index < -0.39 is 12.3 Å². The number of nitrogens with one attached hydrogen (secondary N) is 1. The molecule has 41 heavy (non-hydrogen) atoms. The number of nitrogens with zero attached hydrogens (tertiary/aromatic N) is 3. The summed E-state index contributed by atoms with van der Waals surface area (Å²) in [6, 6.07) is 14.5. The number of carbonyl (C=O) groups is 1. The normalized spacial score (nSPS) is 19.2. The van der Waals surface area contributed by atoms with Gasteiger partial charge in [0.15, 0.2) is 0 Å². The van der Waals surface area contributed by atoms with E-state index in [1.165, 1.54) is 12.1 Å². The van der Waals surface area contributed by atoms with Gasteiger partial charge in [-0.2, -0.15) is 23.1 Å². The lowest BCUT2D eigenvalue weighted by Gasteiger charge is -2.39. The minimum atomic E-state index is -4.74. The van der Waals surface area contributed by atoms with E-state index in [0.717, 1.165) is 12.8 Å². The van der Waals surface area contributed by atoms with Gasteiger partial charge in [0.25, 0.3) is 0 Å². The lowest BCUT2D eigenvalue weighted by Crippen LogP contribution is -2.41. The second-order valence-electron chi connectivity index (χ2n) is 10.4. The van der Waals surface area contributed by atoms with Gasteiger partial charge in [-0.15, -0.1) is 0 Å². The molecule has 0 bridgehead atoms. The molecule has 218 valence electrons. The van der Waals surface area contributed by atoms with E-state index in [1.54, 1.807) is 49.4 Å². The van der Waals surface area contributed by atoms with Gasteiger partial charge in [0, 0.05) is 35.7 Å². The second kappa shape index (κ2) is 11.8. The summed E-state index contributed by atoms with van der Waals surface area (Å²) in [5.74, 6) is -0.280. The third-order valence-corrected chi connectivity index (χ3v) is 8.20. The maximum absolute atomic E-state index is 14.5. The number of alkyl halides is 3. The first-order valence-electron chi connectivity index (χ1n) is 13.4. The number of esters is 1. The van der Waals surface area contributed by atoms with Gasteiger partial charge in [-0.3, -0.25) is 4.79 Å². The molecular formula is C29H31BrF3N5O3. The number of benzene rings is 2. The maximum Gasteiger partial charge on any atom is 0.429 e. The van der Waals surface area contributed by atoms with Crippen molar-refractivity contribution in [2.45, 2.75) is 44.5 Å². The number of piperidine rings is 1. The van der Waals surface area contributed by atoms with Crippen LogP contribution in [0, 0.1) is 5.41 Å². The van der Waals surface area contributed by atoms with E-state index in [0.29, 0.717) is 54.1 Å². The number of rotatable bonds is 7. The van der Waals surface area contributed by atoms with Crippen LogP contribution in [0.5, 0.6) is 5.88 Å². The summed E-state index contributed by atoms with van der Waals surface area (Å²) in [6.45, 7) is 4.02. The fraction of sp³-hybridized carbons (Fsp3) is 0.414. The average molecular weight is 634 g/mol. The molecule has 1 aromatic heterocycles. The molecule has 0 radical (unpaired) electrons. The Hall–Kier alpha value is -3.38. The zero-order valence-corrected chi connectivity index (χ0v) is 24.0. The third-order valence-electron chi connectivity index (χ3n) is 7.70. The van der Waals surface area contributed by atoms with Gasteiger partial charge in [0.05, 0.1) is 6.61 Å². The molecule has 2 aromatic carbocycles. The standard InChI is InChI=1S/C29H31BrF3N5O3/c1-2-40-26(39)22-16-28(17-35-22)10-12-38(13-11-28)23-15-24(37-27(34)36-23)41-25(29(31,32)33)20-9-8-19(30)14-21(20)18-6-4-3-5-7-18/h3-9,14-15,22,25,35H,2,10-13,16-17H2,1H3,(H2,34,36,37)/t22-,25+/m0/s1. The van der Waals surface area contributed by atoms with Crippen LogP contribution in [0.3, 0.4) is 0 Å². The number of hydrogen-bond donors (Lipinski definition) is 2. The van der Waals surface area contributed by atoms with Crippen LogP contribution < -0.4 is 20.7 Å². The first-order valence-corrected chi connectivity index (χ1v) is 14.2. The van der Waals surface area contributed by atoms with Crippen molar-refractivity contribution in [3.63, 3.8) is 0 Å². The average Bonchev–Trinajstić information content (AvgIpc) is 3.35. The first kappa shape index (κ1) is 29.1. The summed E-state index contributed by atoms with van der Waals surface area (Å²) in [5.41, 5.74) is 6.86. The van der Waals surface area contributed by atoms with Gasteiger partial charge in [-0.05, 0) is 54.9 Å². The summed E-state index contributed by atoms with van der Waals surface area (Å²) >= 11 is 3.37. The minimum Gasteiger partial charge on any atom is -0.465 e. The van der Waals surface area contributed by atoms with Gasteiger partial charge in [-0.1, -0.05) is 52.3 Å². The minimum absolute atomic E-state index is 0.0459. The van der Waals surface area contributed by atoms with Crippen LogP contribution in [0.25, 0.3) is 11.1 Å². The van der Waals surface area contributed by atoms with Gasteiger partial charge < -0.3 is 25.4 Å². The number of nitrogen functional groups attached to an aromatic ring is 1. The quantitative estimate of drug-likeness (QED) is 0.320. The van der Waals surface area contributed by atoms with Crippen LogP contribution in [-0.4, -0.2) is 54.4 Å². The van der Waals surface area contributed by atoms with Crippen LogP contribution >= 0.6 is 15.9 Å². The predicted octanol–water partition coefficient (Wildman–Crippen LogP) is 5.68. The molecular weight excluding hydrogens is 603 g/mol. The van der Waals surface area contributed by atoms with Crippen molar-refractivity contribution in [3.05, 3.63) is 64.6 Å². The maximum atomic E-state index is 14.5. The lowest BCUT2D eigenvalue weighted by molar-refractivity contribution is -0.198. The highest BCUT2D eigenvalue weighted by molar-refractivity contribution is 9.10. The molecule has 0 amide bonds. The van der Waals surface area contributed by atoms with Crippen molar-refractivity contribution < 1.29 is 27.4 Å². The van der Waals surface area contributed by atoms with Crippen molar-refractivity contribution in [1.29, 1.82) is 0 Å². The molecule has 3 N–H and O–H groups in total. The molecule has 3 heterocycles. The van der Waals surface area contributed by atoms with Gasteiger partial charge in [-0.25, -0.2) is 0 Å². The largest absolute Gasteiger partial charge is 0.465 e. The molecule has 1 spiro atoms. The van der Waals surface area contributed by atoms with Crippen LogP contribution in [0.15, 0.2) is 59.1 Å². The zero-order chi connectivity index (χ0) is 29.2. The third kappa shape index (κ3) is 6.59. The number of aromatic nitrogens is 2. The number of carbonyl (C=O) groups excluding carboxylic acids is 1. The predicted molar refractivity (Wildman–Crippen MR) is 152 cm³/mol. The van der Waals surface area contributed by atoms with Gasteiger partial charge in [0.2, 0.25) is 17.9 Å².